The Labute approximate surface area is 90.5 Å². The number of hydrogen-bond acceptors (Lipinski definition) is 1. The van der Waals surface area contributed by atoms with Crippen molar-refractivity contribution in [3.63, 3.8) is 0 Å². The molecule has 0 radical (unpaired) electrons. The summed E-state index contributed by atoms with van der Waals surface area (Å²) < 4.78 is 0. The largest absolute Gasteiger partial charge is 0.261 e. The molecular weight excluding hydrogens is 182 g/mol. The van der Waals surface area contributed by atoms with Gasteiger partial charge in [0.05, 0.1) is 5.69 Å². The number of aliphatic imine (C=N–C) groups is 1. The van der Waals surface area contributed by atoms with E-state index in [0.29, 0.717) is 0 Å². The Hall–Kier alpha value is -1.63. The van der Waals surface area contributed by atoms with Gasteiger partial charge in [-0.25, -0.2) is 0 Å². The Bertz CT molecular complexity index is 466. The van der Waals surface area contributed by atoms with Crippen LogP contribution in [0.1, 0.15) is 19.8 Å². The normalized spacial score (nSPS) is 11.3. The average Bonchev–Trinajstić information content (AvgIpc) is 2.30. The van der Waals surface area contributed by atoms with Gasteiger partial charge >= 0.3 is 0 Å². The standard InChI is InChI=1S/C14H15N/c1-2-3-11-15-14-10-6-8-12-7-4-5-9-13(12)14/h4-11H,2-3H2,1H3. The highest BCUT2D eigenvalue weighted by Gasteiger charge is 1.96. The molecule has 0 saturated heterocycles. The maximum absolute atomic E-state index is 4.50. The van der Waals surface area contributed by atoms with Gasteiger partial charge in [-0.15, -0.1) is 0 Å². The van der Waals surface area contributed by atoms with E-state index in [0.717, 1.165) is 18.5 Å². The van der Waals surface area contributed by atoms with Crippen LogP contribution in [0.5, 0.6) is 0 Å². The van der Waals surface area contributed by atoms with Gasteiger partial charge in [-0.3, -0.25) is 4.99 Å². The summed E-state index contributed by atoms with van der Waals surface area (Å²) in [6.45, 7) is 2.16. The Morgan fingerprint density at radius 2 is 1.87 bits per heavy atom. The molecule has 0 aliphatic carbocycles. The Balaban J connectivity index is 2.42. The number of rotatable bonds is 3. The predicted molar refractivity (Wildman–Crippen MR) is 67.0 cm³/mol. The van der Waals surface area contributed by atoms with Gasteiger partial charge in [0.2, 0.25) is 0 Å². The highest BCUT2D eigenvalue weighted by Crippen LogP contribution is 2.25. The summed E-state index contributed by atoms with van der Waals surface area (Å²) in [5.41, 5.74) is 1.07. The van der Waals surface area contributed by atoms with Crippen LogP contribution in [0.25, 0.3) is 10.8 Å². The summed E-state index contributed by atoms with van der Waals surface area (Å²) in [5.74, 6) is 0. The van der Waals surface area contributed by atoms with Crippen molar-refractivity contribution in [1.29, 1.82) is 0 Å². The minimum absolute atomic E-state index is 1.04. The molecule has 0 bridgehead atoms. The lowest BCUT2D eigenvalue weighted by Crippen LogP contribution is -1.75. The van der Waals surface area contributed by atoms with Crippen LogP contribution >= 0.6 is 0 Å². The van der Waals surface area contributed by atoms with Crippen molar-refractivity contribution in [3.8, 4) is 0 Å². The van der Waals surface area contributed by atoms with E-state index in [9.17, 15) is 0 Å². The second-order valence-corrected chi connectivity index (χ2v) is 3.60. The van der Waals surface area contributed by atoms with Gasteiger partial charge in [0.25, 0.3) is 0 Å². The van der Waals surface area contributed by atoms with Crippen molar-refractivity contribution >= 4 is 22.7 Å². The van der Waals surface area contributed by atoms with Crippen LogP contribution < -0.4 is 0 Å². The van der Waals surface area contributed by atoms with Gasteiger partial charge in [-0.2, -0.15) is 0 Å². The summed E-state index contributed by atoms with van der Waals surface area (Å²) >= 11 is 0. The summed E-state index contributed by atoms with van der Waals surface area (Å²) in [7, 11) is 0. The Kier molecular flexibility index (Phi) is 3.13. The molecule has 0 aromatic heterocycles. The number of unbranched alkanes of at least 4 members (excludes halogenated alkanes) is 1. The molecule has 0 aliphatic rings. The summed E-state index contributed by atoms with van der Waals surface area (Å²) in [6.07, 6.45) is 4.19. The van der Waals surface area contributed by atoms with Crippen LogP contribution in [0, 0.1) is 0 Å². The molecule has 1 nitrogen and oxygen atoms in total. The van der Waals surface area contributed by atoms with E-state index in [1.165, 1.54) is 10.8 Å². The Morgan fingerprint density at radius 1 is 1.07 bits per heavy atom. The molecule has 1 heteroatoms. The molecule has 0 N–H and O–H groups in total. The average molecular weight is 197 g/mol. The number of hydrogen-bond donors (Lipinski definition) is 0. The zero-order chi connectivity index (χ0) is 10.5. The molecule has 0 saturated carbocycles. The van der Waals surface area contributed by atoms with E-state index < -0.39 is 0 Å². The number of nitrogens with zero attached hydrogens (tertiary/aromatic N) is 1. The van der Waals surface area contributed by atoms with Crippen LogP contribution in [0.3, 0.4) is 0 Å². The fraction of sp³-hybridized carbons (Fsp3) is 0.214. The van der Waals surface area contributed by atoms with E-state index in [4.69, 9.17) is 0 Å². The third kappa shape index (κ3) is 2.24. The lowest BCUT2D eigenvalue weighted by Gasteiger charge is -2.00. The van der Waals surface area contributed by atoms with Gasteiger partial charge in [-0.1, -0.05) is 49.7 Å². The van der Waals surface area contributed by atoms with Crippen molar-refractivity contribution in [2.24, 2.45) is 4.99 Å². The molecule has 0 spiro atoms. The van der Waals surface area contributed by atoms with Crippen molar-refractivity contribution < 1.29 is 0 Å². The highest BCUT2D eigenvalue weighted by atomic mass is 14.7. The predicted octanol–water partition coefficient (Wildman–Crippen LogP) is 4.34. The molecule has 0 fully saturated rings. The molecular formula is C14H15N. The number of benzene rings is 2. The molecule has 2 aromatic carbocycles. The van der Waals surface area contributed by atoms with Gasteiger partial charge < -0.3 is 0 Å². The fourth-order valence-corrected chi connectivity index (χ4v) is 1.61. The molecule has 0 atom stereocenters. The van der Waals surface area contributed by atoms with Gasteiger partial charge in [-0.05, 0) is 17.9 Å². The first-order valence-electron chi connectivity index (χ1n) is 5.42. The monoisotopic (exact) mass is 197 g/mol. The first-order valence-corrected chi connectivity index (χ1v) is 5.42. The van der Waals surface area contributed by atoms with Crippen molar-refractivity contribution in [1.82, 2.24) is 0 Å². The molecule has 15 heavy (non-hydrogen) atoms. The molecule has 0 unspecified atom stereocenters. The van der Waals surface area contributed by atoms with E-state index in [1.54, 1.807) is 0 Å². The van der Waals surface area contributed by atoms with Crippen LogP contribution in [-0.4, -0.2) is 6.21 Å². The minimum atomic E-state index is 1.04. The zero-order valence-corrected chi connectivity index (χ0v) is 8.98. The van der Waals surface area contributed by atoms with Gasteiger partial charge in [0, 0.05) is 11.6 Å². The van der Waals surface area contributed by atoms with Gasteiger partial charge in [0.1, 0.15) is 0 Å². The van der Waals surface area contributed by atoms with Crippen LogP contribution in [0.15, 0.2) is 47.5 Å². The lowest BCUT2D eigenvalue weighted by atomic mass is 10.1. The maximum atomic E-state index is 4.50. The molecule has 76 valence electrons. The van der Waals surface area contributed by atoms with Crippen LogP contribution in [0.2, 0.25) is 0 Å². The van der Waals surface area contributed by atoms with Crippen molar-refractivity contribution in [2.75, 3.05) is 0 Å². The third-order valence-corrected chi connectivity index (χ3v) is 2.41. The van der Waals surface area contributed by atoms with Gasteiger partial charge in [0.15, 0.2) is 0 Å². The quantitative estimate of drug-likeness (QED) is 0.649. The van der Waals surface area contributed by atoms with E-state index >= 15 is 0 Å². The highest BCUT2D eigenvalue weighted by molar-refractivity contribution is 5.93. The van der Waals surface area contributed by atoms with E-state index in [2.05, 4.69) is 54.4 Å². The smallest absolute Gasteiger partial charge is 0.0704 e. The third-order valence-electron chi connectivity index (χ3n) is 2.41. The van der Waals surface area contributed by atoms with Crippen molar-refractivity contribution in [3.05, 3.63) is 42.5 Å². The van der Waals surface area contributed by atoms with Crippen molar-refractivity contribution in [2.45, 2.75) is 19.8 Å². The SMILES string of the molecule is CCCC=Nc1cccc2ccccc12. The maximum Gasteiger partial charge on any atom is 0.0704 e. The van der Waals surface area contributed by atoms with E-state index in [-0.39, 0.29) is 0 Å². The molecule has 0 heterocycles. The first-order chi connectivity index (χ1) is 7.42. The topological polar surface area (TPSA) is 12.4 Å². The van der Waals surface area contributed by atoms with Crippen LogP contribution in [-0.2, 0) is 0 Å². The second kappa shape index (κ2) is 4.74. The summed E-state index contributed by atoms with van der Waals surface area (Å²) in [6, 6.07) is 14.6. The lowest BCUT2D eigenvalue weighted by molar-refractivity contribution is 1.01. The summed E-state index contributed by atoms with van der Waals surface area (Å²) in [5, 5.41) is 2.48. The first kappa shape index (κ1) is 9.91. The number of fused-ring (bicyclic) bond motifs is 1. The fourth-order valence-electron chi connectivity index (χ4n) is 1.61. The molecule has 2 rings (SSSR count). The molecule has 0 aliphatic heterocycles. The zero-order valence-electron chi connectivity index (χ0n) is 8.98. The molecule has 2 aromatic rings. The minimum Gasteiger partial charge on any atom is -0.261 e. The van der Waals surface area contributed by atoms with Crippen LogP contribution in [0.4, 0.5) is 5.69 Å². The molecule has 0 amide bonds. The summed E-state index contributed by atoms with van der Waals surface area (Å²) in [4.78, 5) is 4.50. The Morgan fingerprint density at radius 3 is 2.73 bits per heavy atom. The van der Waals surface area contributed by atoms with E-state index in [1.807, 2.05) is 6.21 Å². The second-order valence-electron chi connectivity index (χ2n) is 3.60.